The van der Waals surface area contributed by atoms with Gasteiger partial charge in [0.25, 0.3) is 0 Å². The van der Waals surface area contributed by atoms with Crippen LogP contribution in [-0.4, -0.2) is 26.4 Å². The van der Waals surface area contributed by atoms with E-state index in [0.717, 1.165) is 33.7 Å². The first-order chi connectivity index (χ1) is 17.2. The Bertz CT molecular complexity index is 1460. The lowest BCUT2D eigenvalue weighted by atomic mass is 10.1. The van der Waals surface area contributed by atoms with Crippen molar-refractivity contribution in [1.82, 2.24) is 14.8 Å². The Morgan fingerprint density at radius 3 is 2.51 bits per heavy atom. The van der Waals surface area contributed by atoms with E-state index in [9.17, 15) is 4.79 Å². The van der Waals surface area contributed by atoms with E-state index in [2.05, 4.69) is 39.9 Å². The molecule has 6 nitrogen and oxygen atoms in total. The second-order valence-electron chi connectivity index (χ2n) is 8.16. The zero-order valence-corrected chi connectivity index (χ0v) is 20.1. The molecule has 1 heterocycles. The standard InChI is InChI=1S/C28H25N5OS/c1-20-9-7-12-22(17-20)29-18-26-31-32-28(33(26)23-13-3-2-4-14-23)35-19-27(34)30-25-16-8-11-21-10-5-6-15-24(21)25/h2-17,29H,18-19H2,1H3,(H,30,34). The number of thioether (sulfide) groups is 1. The molecule has 35 heavy (non-hydrogen) atoms. The highest BCUT2D eigenvalue weighted by atomic mass is 32.2. The smallest absolute Gasteiger partial charge is 0.234 e. The van der Waals surface area contributed by atoms with Gasteiger partial charge in [-0.1, -0.05) is 78.5 Å². The molecule has 0 unspecified atom stereocenters. The fourth-order valence-electron chi connectivity index (χ4n) is 3.93. The summed E-state index contributed by atoms with van der Waals surface area (Å²) in [6.07, 6.45) is 0. The lowest BCUT2D eigenvalue weighted by Gasteiger charge is -2.12. The molecule has 4 aromatic carbocycles. The number of aryl methyl sites for hydroxylation is 1. The third-order valence-corrected chi connectivity index (χ3v) is 6.51. The van der Waals surface area contributed by atoms with Crippen LogP contribution in [0.15, 0.2) is 102 Å². The number of anilines is 2. The van der Waals surface area contributed by atoms with Gasteiger partial charge in [0.1, 0.15) is 0 Å². The van der Waals surface area contributed by atoms with Crippen LogP contribution in [0.2, 0.25) is 0 Å². The number of hydrogen-bond acceptors (Lipinski definition) is 5. The van der Waals surface area contributed by atoms with Crippen molar-refractivity contribution in [2.24, 2.45) is 0 Å². The fraction of sp³-hybridized carbons (Fsp3) is 0.107. The van der Waals surface area contributed by atoms with E-state index in [0.29, 0.717) is 11.7 Å². The van der Waals surface area contributed by atoms with Crippen molar-refractivity contribution in [3.8, 4) is 5.69 Å². The van der Waals surface area contributed by atoms with Gasteiger partial charge in [-0.2, -0.15) is 0 Å². The fourth-order valence-corrected chi connectivity index (χ4v) is 4.70. The summed E-state index contributed by atoms with van der Waals surface area (Å²) in [7, 11) is 0. The molecule has 0 atom stereocenters. The predicted octanol–water partition coefficient (Wildman–Crippen LogP) is 6.07. The van der Waals surface area contributed by atoms with Crippen molar-refractivity contribution in [2.75, 3.05) is 16.4 Å². The molecular weight excluding hydrogens is 454 g/mol. The Morgan fingerprint density at radius 1 is 0.886 bits per heavy atom. The number of aromatic nitrogens is 3. The molecule has 0 saturated heterocycles. The molecule has 0 aliphatic heterocycles. The Hall–Kier alpha value is -4.10. The first-order valence-corrected chi connectivity index (χ1v) is 12.4. The highest BCUT2D eigenvalue weighted by molar-refractivity contribution is 7.99. The summed E-state index contributed by atoms with van der Waals surface area (Å²) >= 11 is 1.37. The van der Waals surface area contributed by atoms with E-state index < -0.39 is 0 Å². The monoisotopic (exact) mass is 479 g/mol. The molecule has 0 bridgehead atoms. The van der Waals surface area contributed by atoms with Crippen LogP contribution in [0.1, 0.15) is 11.4 Å². The number of amides is 1. The topological polar surface area (TPSA) is 71.8 Å². The minimum Gasteiger partial charge on any atom is -0.378 e. The summed E-state index contributed by atoms with van der Waals surface area (Å²) in [5.41, 5.74) is 3.97. The normalized spacial score (nSPS) is 10.9. The van der Waals surface area contributed by atoms with Gasteiger partial charge in [0.15, 0.2) is 11.0 Å². The average molecular weight is 480 g/mol. The number of fused-ring (bicyclic) bond motifs is 1. The van der Waals surface area contributed by atoms with E-state index in [1.807, 2.05) is 89.5 Å². The van der Waals surface area contributed by atoms with Crippen molar-refractivity contribution in [1.29, 1.82) is 0 Å². The summed E-state index contributed by atoms with van der Waals surface area (Å²) in [6, 6.07) is 32.1. The molecule has 0 radical (unpaired) electrons. The van der Waals surface area contributed by atoms with Crippen LogP contribution >= 0.6 is 11.8 Å². The third-order valence-electron chi connectivity index (χ3n) is 5.58. The van der Waals surface area contributed by atoms with Gasteiger partial charge in [0.2, 0.25) is 5.91 Å². The van der Waals surface area contributed by atoms with Gasteiger partial charge < -0.3 is 10.6 Å². The number of hydrogen-bond donors (Lipinski definition) is 2. The number of nitrogens with one attached hydrogen (secondary N) is 2. The maximum Gasteiger partial charge on any atom is 0.234 e. The summed E-state index contributed by atoms with van der Waals surface area (Å²) in [4.78, 5) is 12.8. The van der Waals surface area contributed by atoms with Crippen LogP contribution in [0, 0.1) is 6.92 Å². The minimum atomic E-state index is -0.0894. The van der Waals surface area contributed by atoms with Crippen LogP contribution in [0.5, 0.6) is 0 Å². The molecular formula is C28H25N5OS. The second-order valence-corrected chi connectivity index (χ2v) is 9.10. The van der Waals surface area contributed by atoms with Crippen LogP contribution in [-0.2, 0) is 11.3 Å². The predicted molar refractivity (Wildman–Crippen MR) is 143 cm³/mol. The van der Waals surface area contributed by atoms with Crippen molar-refractivity contribution in [2.45, 2.75) is 18.6 Å². The van der Waals surface area contributed by atoms with Crippen molar-refractivity contribution < 1.29 is 4.79 Å². The zero-order chi connectivity index (χ0) is 24.0. The van der Waals surface area contributed by atoms with Crippen LogP contribution < -0.4 is 10.6 Å². The third kappa shape index (κ3) is 5.36. The Kier molecular flexibility index (Phi) is 6.77. The molecule has 1 aromatic heterocycles. The van der Waals surface area contributed by atoms with E-state index in [1.165, 1.54) is 17.3 Å². The summed E-state index contributed by atoms with van der Waals surface area (Å²) < 4.78 is 2.00. The Balaban J connectivity index is 1.33. The number of para-hydroxylation sites is 1. The van der Waals surface area contributed by atoms with Gasteiger partial charge in [-0.15, -0.1) is 10.2 Å². The van der Waals surface area contributed by atoms with Gasteiger partial charge in [-0.25, -0.2) is 0 Å². The van der Waals surface area contributed by atoms with Gasteiger partial charge in [0.05, 0.1) is 12.3 Å². The Labute approximate surface area is 208 Å². The molecule has 0 saturated carbocycles. The summed E-state index contributed by atoms with van der Waals surface area (Å²) in [5.74, 6) is 0.905. The van der Waals surface area contributed by atoms with Crippen molar-refractivity contribution in [3.05, 3.63) is 108 Å². The van der Waals surface area contributed by atoms with Crippen LogP contribution in [0.4, 0.5) is 11.4 Å². The number of carbonyl (C=O) groups is 1. The number of benzene rings is 4. The molecule has 0 spiro atoms. The molecule has 0 aliphatic carbocycles. The Morgan fingerprint density at radius 2 is 1.66 bits per heavy atom. The summed E-state index contributed by atoms with van der Waals surface area (Å²) in [6.45, 7) is 2.57. The lowest BCUT2D eigenvalue weighted by Crippen LogP contribution is -2.15. The van der Waals surface area contributed by atoms with Gasteiger partial charge in [0, 0.05) is 22.4 Å². The van der Waals surface area contributed by atoms with E-state index in [4.69, 9.17) is 0 Å². The lowest BCUT2D eigenvalue weighted by molar-refractivity contribution is -0.113. The highest BCUT2D eigenvalue weighted by Crippen LogP contribution is 2.25. The maximum absolute atomic E-state index is 12.8. The van der Waals surface area contributed by atoms with Gasteiger partial charge in [-0.05, 0) is 48.2 Å². The zero-order valence-electron chi connectivity index (χ0n) is 19.3. The molecule has 0 fully saturated rings. The number of carbonyl (C=O) groups excluding carboxylic acids is 1. The van der Waals surface area contributed by atoms with Crippen LogP contribution in [0.3, 0.4) is 0 Å². The van der Waals surface area contributed by atoms with E-state index in [1.54, 1.807) is 0 Å². The average Bonchev–Trinajstić information content (AvgIpc) is 3.30. The molecule has 2 N–H and O–H groups in total. The number of nitrogens with zero attached hydrogens (tertiary/aromatic N) is 3. The maximum atomic E-state index is 12.8. The largest absolute Gasteiger partial charge is 0.378 e. The van der Waals surface area contributed by atoms with E-state index in [-0.39, 0.29) is 11.7 Å². The molecule has 5 rings (SSSR count). The van der Waals surface area contributed by atoms with E-state index >= 15 is 0 Å². The molecule has 5 aromatic rings. The van der Waals surface area contributed by atoms with Crippen molar-refractivity contribution >= 4 is 39.8 Å². The molecule has 1 amide bonds. The molecule has 7 heteroatoms. The highest BCUT2D eigenvalue weighted by Gasteiger charge is 2.16. The molecule has 0 aliphatic rings. The quantitative estimate of drug-likeness (QED) is 0.264. The van der Waals surface area contributed by atoms with Gasteiger partial charge in [-0.3, -0.25) is 9.36 Å². The SMILES string of the molecule is Cc1cccc(NCc2nnc(SCC(=O)Nc3cccc4ccccc34)n2-c2ccccc2)c1. The number of rotatable bonds is 8. The summed E-state index contributed by atoms with van der Waals surface area (Å²) in [5, 5.41) is 18.1. The second kappa shape index (κ2) is 10.4. The van der Waals surface area contributed by atoms with Crippen LogP contribution in [0.25, 0.3) is 16.5 Å². The first kappa shape index (κ1) is 22.7. The van der Waals surface area contributed by atoms with Gasteiger partial charge >= 0.3 is 0 Å². The first-order valence-electron chi connectivity index (χ1n) is 11.4. The van der Waals surface area contributed by atoms with Crippen molar-refractivity contribution in [3.63, 3.8) is 0 Å². The molecule has 174 valence electrons. The minimum absolute atomic E-state index is 0.0894.